The van der Waals surface area contributed by atoms with Crippen LogP contribution in [0.25, 0.3) is 11.3 Å². The number of aliphatic imine (C=N–C) groups is 1. The first-order chi connectivity index (χ1) is 12.0. The summed E-state index contributed by atoms with van der Waals surface area (Å²) in [6.07, 6.45) is 1.51. The summed E-state index contributed by atoms with van der Waals surface area (Å²) in [5.74, 6) is -0.960. The summed E-state index contributed by atoms with van der Waals surface area (Å²) in [5, 5.41) is 17.9. The Morgan fingerprint density at radius 3 is 2.28 bits per heavy atom. The van der Waals surface area contributed by atoms with Gasteiger partial charge in [-0.25, -0.2) is 9.59 Å². The Bertz CT molecular complexity index is 954. The van der Waals surface area contributed by atoms with Gasteiger partial charge in [0.15, 0.2) is 0 Å². The van der Waals surface area contributed by atoms with E-state index in [1.165, 1.54) is 30.5 Å². The average molecular weight is 335 g/mol. The van der Waals surface area contributed by atoms with Crippen molar-refractivity contribution in [3.63, 3.8) is 0 Å². The zero-order valence-electron chi connectivity index (χ0n) is 12.9. The summed E-state index contributed by atoms with van der Waals surface area (Å²) in [5.41, 5.74) is 1.63. The molecule has 6 nitrogen and oxygen atoms in total. The minimum absolute atomic E-state index is 0.183. The van der Waals surface area contributed by atoms with E-state index in [9.17, 15) is 9.59 Å². The molecule has 0 fully saturated rings. The number of aromatic carboxylic acids is 2. The number of benzene rings is 2. The zero-order valence-corrected chi connectivity index (χ0v) is 12.9. The zero-order chi connectivity index (χ0) is 17.8. The van der Waals surface area contributed by atoms with Gasteiger partial charge in [0.1, 0.15) is 11.5 Å². The summed E-state index contributed by atoms with van der Waals surface area (Å²) < 4.78 is 5.65. The monoisotopic (exact) mass is 335 g/mol. The number of carboxylic acid groups (broad SMARTS) is 2. The van der Waals surface area contributed by atoms with Crippen molar-refractivity contribution in [1.82, 2.24) is 0 Å². The van der Waals surface area contributed by atoms with Gasteiger partial charge < -0.3 is 14.6 Å². The van der Waals surface area contributed by atoms with Gasteiger partial charge in [0.25, 0.3) is 0 Å². The Balaban J connectivity index is 1.78. The molecule has 0 bridgehead atoms. The molecule has 2 N–H and O–H groups in total. The van der Waals surface area contributed by atoms with Crippen LogP contribution < -0.4 is 0 Å². The first-order valence-electron chi connectivity index (χ1n) is 7.34. The average Bonchev–Trinajstić information content (AvgIpc) is 3.09. The van der Waals surface area contributed by atoms with Crippen LogP contribution in [0.3, 0.4) is 0 Å². The van der Waals surface area contributed by atoms with Crippen LogP contribution in [0.15, 0.2) is 70.1 Å². The second-order valence-corrected chi connectivity index (χ2v) is 5.20. The second-order valence-electron chi connectivity index (χ2n) is 5.20. The molecule has 0 aliphatic heterocycles. The van der Waals surface area contributed by atoms with E-state index < -0.39 is 11.9 Å². The molecule has 0 atom stereocenters. The third-order valence-electron chi connectivity index (χ3n) is 3.48. The molecule has 3 aromatic rings. The lowest BCUT2D eigenvalue weighted by Gasteiger charge is -1.99. The number of nitrogens with zero attached hydrogens (tertiary/aromatic N) is 1. The minimum atomic E-state index is -1.00. The molecule has 0 unspecified atom stereocenters. The van der Waals surface area contributed by atoms with E-state index in [0.717, 1.165) is 0 Å². The van der Waals surface area contributed by atoms with Crippen molar-refractivity contribution in [1.29, 1.82) is 0 Å². The third kappa shape index (κ3) is 3.81. The number of hydrogen-bond donors (Lipinski definition) is 2. The standard InChI is InChI=1S/C19H13NO5/c21-18(22)12-4-6-15(7-5-12)20-11-16-8-9-17(25-16)13-2-1-3-14(10-13)19(23)24/h1-11H,(H,21,22)(H,23,24). The highest BCUT2D eigenvalue weighted by molar-refractivity contribution is 5.89. The Hall–Kier alpha value is -3.67. The molecule has 25 heavy (non-hydrogen) atoms. The SMILES string of the molecule is O=C(O)c1ccc(N=Cc2ccc(-c3cccc(C(=O)O)c3)o2)cc1. The fraction of sp³-hybridized carbons (Fsp3) is 0. The Labute approximate surface area is 142 Å². The summed E-state index contributed by atoms with van der Waals surface area (Å²) in [6.45, 7) is 0. The van der Waals surface area contributed by atoms with Crippen molar-refractivity contribution in [3.05, 3.63) is 77.6 Å². The molecule has 3 rings (SSSR count). The van der Waals surface area contributed by atoms with E-state index in [0.29, 0.717) is 22.8 Å². The van der Waals surface area contributed by atoms with Crippen LogP contribution >= 0.6 is 0 Å². The van der Waals surface area contributed by atoms with Gasteiger partial charge in [-0.15, -0.1) is 0 Å². The topological polar surface area (TPSA) is 100 Å². The van der Waals surface area contributed by atoms with Crippen molar-refractivity contribution < 1.29 is 24.2 Å². The van der Waals surface area contributed by atoms with Crippen LogP contribution in [0, 0.1) is 0 Å². The van der Waals surface area contributed by atoms with Crippen LogP contribution in [0.2, 0.25) is 0 Å². The van der Waals surface area contributed by atoms with Gasteiger partial charge in [0.05, 0.1) is 23.0 Å². The molecule has 0 aliphatic carbocycles. The highest BCUT2D eigenvalue weighted by atomic mass is 16.4. The summed E-state index contributed by atoms with van der Waals surface area (Å²) >= 11 is 0. The fourth-order valence-electron chi connectivity index (χ4n) is 2.21. The van der Waals surface area contributed by atoms with Crippen LogP contribution in [0.5, 0.6) is 0 Å². The lowest BCUT2D eigenvalue weighted by molar-refractivity contribution is 0.0686. The van der Waals surface area contributed by atoms with Gasteiger partial charge in [0.2, 0.25) is 0 Å². The molecule has 0 amide bonds. The molecule has 0 aliphatic rings. The van der Waals surface area contributed by atoms with Crippen molar-refractivity contribution in [3.8, 4) is 11.3 Å². The molecule has 0 radical (unpaired) electrons. The predicted molar refractivity (Wildman–Crippen MR) is 91.8 cm³/mol. The van der Waals surface area contributed by atoms with Gasteiger partial charge in [-0.2, -0.15) is 0 Å². The van der Waals surface area contributed by atoms with Crippen molar-refractivity contribution in [2.75, 3.05) is 0 Å². The Kier molecular flexibility index (Phi) is 4.43. The smallest absolute Gasteiger partial charge is 0.335 e. The highest BCUT2D eigenvalue weighted by Crippen LogP contribution is 2.23. The molecule has 1 heterocycles. The maximum absolute atomic E-state index is 11.0. The fourth-order valence-corrected chi connectivity index (χ4v) is 2.21. The minimum Gasteiger partial charge on any atom is -0.478 e. The van der Waals surface area contributed by atoms with E-state index in [4.69, 9.17) is 14.6 Å². The molecule has 6 heteroatoms. The molecular formula is C19H13NO5. The van der Waals surface area contributed by atoms with Crippen LogP contribution in [0.4, 0.5) is 5.69 Å². The van der Waals surface area contributed by atoms with E-state index >= 15 is 0 Å². The number of furan rings is 1. The molecule has 0 saturated carbocycles. The Morgan fingerprint density at radius 1 is 0.880 bits per heavy atom. The summed E-state index contributed by atoms with van der Waals surface area (Å²) in [7, 11) is 0. The van der Waals surface area contributed by atoms with Gasteiger partial charge in [0, 0.05) is 5.56 Å². The van der Waals surface area contributed by atoms with E-state index in [1.54, 1.807) is 36.4 Å². The molecule has 2 aromatic carbocycles. The quantitative estimate of drug-likeness (QED) is 0.684. The van der Waals surface area contributed by atoms with Gasteiger partial charge in [-0.05, 0) is 48.5 Å². The predicted octanol–water partition coefficient (Wildman–Crippen LogP) is 4.09. The van der Waals surface area contributed by atoms with E-state index in [2.05, 4.69) is 4.99 Å². The normalized spacial score (nSPS) is 10.9. The third-order valence-corrected chi connectivity index (χ3v) is 3.48. The van der Waals surface area contributed by atoms with Crippen LogP contribution in [0.1, 0.15) is 26.5 Å². The Morgan fingerprint density at radius 2 is 1.60 bits per heavy atom. The van der Waals surface area contributed by atoms with Crippen LogP contribution in [-0.2, 0) is 0 Å². The molecule has 0 saturated heterocycles. The number of carboxylic acids is 2. The van der Waals surface area contributed by atoms with Gasteiger partial charge in [-0.1, -0.05) is 12.1 Å². The van der Waals surface area contributed by atoms with E-state index in [1.807, 2.05) is 0 Å². The first kappa shape index (κ1) is 16.2. The number of rotatable bonds is 5. The number of carbonyl (C=O) groups is 2. The van der Waals surface area contributed by atoms with Crippen molar-refractivity contribution in [2.45, 2.75) is 0 Å². The summed E-state index contributed by atoms with van der Waals surface area (Å²) in [4.78, 5) is 26.1. The first-order valence-corrected chi connectivity index (χ1v) is 7.34. The van der Waals surface area contributed by atoms with Gasteiger partial charge in [-0.3, -0.25) is 4.99 Å². The van der Waals surface area contributed by atoms with Crippen molar-refractivity contribution >= 4 is 23.8 Å². The molecular weight excluding hydrogens is 322 g/mol. The van der Waals surface area contributed by atoms with E-state index in [-0.39, 0.29) is 11.1 Å². The lowest BCUT2D eigenvalue weighted by Crippen LogP contribution is -1.95. The van der Waals surface area contributed by atoms with Crippen LogP contribution in [-0.4, -0.2) is 28.4 Å². The largest absolute Gasteiger partial charge is 0.478 e. The maximum atomic E-state index is 11.0. The number of hydrogen-bond acceptors (Lipinski definition) is 4. The van der Waals surface area contributed by atoms with Crippen molar-refractivity contribution in [2.24, 2.45) is 4.99 Å². The highest BCUT2D eigenvalue weighted by Gasteiger charge is 2.08. The molecule has 1 aromatic heterocycles. The summed E-state index contributed by atoms with van der Waals surface area (Å²) in [6, 6.07) is 16.1. The van der Waals surface area contributed by atoms with Gasteiger partial charge >= 0.3 is 11.9 Å². The molecule has 124 valence electrons. The lowest BCUT2D eigenvalue weighted by atomic mass is 10.1. The molecule has 0 spiro atoms. The second kappa shape index (κ2) is 6.84. The maximum Gasteiger partial charge on any atom is 0.335 e.